The second-order valence-corrected chi connectivity index (χ2v) is 5.23. The van der Waals surface area contributed by atoms with Crippen molar-refractivity contribution in [2.45, 2.75) is 13.8 Å². The van der Waals surface area contributed by atoms with Crippen molar-refractivity contribution in [3.05, 3.63) is 58.9 Å². The third-order valence-electron chi connectivity index (χ3n) is 3.43. The first-order chi connectivity index (χ1) is 10.5. The van der Waals surface area contributed by atoms with Gasteiger partial charge in [-0.3, -0.25) is 4.79 Å². The van der Waals surface area contributed by atoms with Crippen LogP contribution in [0.1, 0.15) is 24.2 Å². The van der Waals surface area contributed by atoms with E-state index in [1.54, 1.807) is 12.1 Å². The van der Waals surface area contributed by atoms with Crippen molar-refractivity contribution in [1.29, 1.82) is 0 Å². The highest BCUT2D eigenvalue weighted by molar-refractivity contribution is 6.30. The van der Waals surface area contributed by atoms with Crippen LogP contribution in [0.25, 0.3) is 0 Å². The molecular formula is C17H18ClFN2O. The third-order valence-corrected chi connectivity index (χ3v) is 3.66. The average molecular weight is 321 g/mol. The summed E-state index contributed by atoms with van der Waals surface area (Å²) in [6.07, 6.45) is 0. The van der Waals surface area contributed by atoms with Gasteiger partial charge in [0, 0.05) is 29.5 Å². The Kier molecular flexibility index (Phi) is 5.39. The van der Waals surface area contributed by atoms with E-state index in [1.807, 2.05) is 12.1 Å². The second-order valence-electron chi connectivity index (χ2n) is 4.80. The number of nitrogens with one attached hydrogen (secondary N) is 1. The maximum atomic E-state index is 13.7. The van der Waals surface area contributed by atoms with Crippen LogP contribution in [0.5, 0.6) is 0 Å². The fourth-order valence-corrected chi connectivity index (χ4v) is 2.38. The Hall–Kier alpha value is -2.07. The zero-order valence-corrected chi connectivity index (χ0v) is 13.3. The number of hydrogen-bond donors (Lipinski definition) is 1. The molecule has 116 valence electrons. The lowest BCUT2D eigenvalue weighted by Crippen LogP contribution is -2.21. The summed E-state index contributed by atoms with van der Waals surface area (Å²) in [7, 11) is 0. The lowest BCUT2D eigenvalue weighted by atomic mass is 10.2. The van der Waals surface area contributed by atoms with E-state index in [4.69, 9.17) is 11.6 Å². The van der Waals surface area contributed by atoms with Gasteiger partial charge >= 0.3 is 0 Å². The molecule has 0 atom stereocenters. The molecule has 1 amide bonds. The average Bonchev–Trinajstić information content (AvgIpc) is 2.50. The Labute approximate surface area is 134 Å². The highest BCUT2D eigenvalue weighted by atomic mass is 35.5. The molecule has 0 bridgehead atoms. The molecule has 0 radical (unpaired) electrons. The minimum atomic E-state index is -0.634. The summed E-state index contributed by atoms with van der Waals surface area (Å²) in [6, 6.07) is 11.5. The van der Waals surface area contributed by atoms with Gasteiger partial charge in [0.1, 0.15) is 5.82 Å². The first-order valence-electron chi connectivity index (χ1n) is 7.16. The van der Waals surface area contributed by atoms with E-state index in [2.05, 4.69) is 24.1 Å². The Bertz CT molecular complexity index is 654. The molecule has 0 saturated carbocycles. The molecule has 0 aliphatic heterocycles. The molecule has 0 heterocycles. The molecule has 3 nitrogen and oxygen atoms in total. The van der Waals surface area contributed by atoms with Crippen LogP contribution in [0, 0.1) is 5.82 Å². The van der Waals surface area contributed by atoms with Crippen molar-refractivity contribution >= 4 is 28.9 Å². The number of hydrogen-bond acceptors (Lipinski definition) is 2. The molecule has 0 fully saturated rings. The number of halogens is 2. The van der Waals surface area contributed by atoms with Gasteiger partial charge in [0.05, 0.1) is 5.56 Å². The van der Waals surface area contributed by atoms with E-state index in [1.165, 1.54) is 12.1 Å². The molecule has 5 heteroatoms. The number of carbonyl (C=O) groups is 1. The Morgan fingerprint density at radius 2 is 1.77 bits per heavy atom. The minimum Gasteiger partial charge on any atom is -0.372 e. The van der Waals surface area contributed by atoms with Gasteiger partial charge in [-0.05, 0) is 56.3 Å². The molecule has 1 N–H and O–H groups in total. The van der Waals surface area contributed by atoms with E-state index < -0.39 is 11.7 Å². The molecule has 0 saturated heterocycles. The fraction of sp³-hybridized carbons (Fsp3) is 0.235. The predicted molar refractivity (Wildman–Crippen MR) is 89.4 cm³/mol. The van der Waals surface area contributed by atoms with Gasteiger partial charge in [0.2, 0.25) is 0 Å². The van der Waals surface area contributed by atoms with Gasteiger partial charge in [0.25, 0.3) is 5.91 Å². The van der Waals surface area contributed by atoms with Gasteiger partial charge < -0.3 is 10.2 Å². The van der Waals surface area contributed by atoms with Gasteiger partial charge in [-0.1, -0.05) is 11.6 Å². The van der Waals surface area contributed by atoms with Crippen molar-refractivity contribution in [3.8, 4) is 0 Å². The largest absolute Gasteiger partial charge is 0.372 e. The Morgan fingerprint density at radius 3 is 2.32 bits per heavy atom. The van der Waals surface area contributed by atoms with Crippen molar-refractivity contribution in [2.24, 2.45) is 0 Å². The summed E-state index contributed by atoms with van der Waals surface area (Å²) in [5, 5.41) is 2.94. The summed E-state index contributed by atoms with van der Waals surface area (Å²) in [4.78, 5) is 14.3. The van der Waals surface area contributed by atoms with Crippen LogP contribution in [0.2, 0.25) is 5.02 Å². The lowest BCUT2D eigenvalue weighted by Gasteiger charge is -2.21. The molecule has 22 heavy (non-hydrogen) atoms. The lowest BCUT2D eigenvalue weighted by molar-refractivity contribution is 0.102. The van der Waals surface area contributed by atoms with Gasteiger partial charge in [0.15, 0.2) is 0 Å². The van der Waals surface area contributed by atoms with Gasteiger partial charge in [-0.25, -0.2) is 4.39 Å². The van der Waals surface area contributed by atoms with Crippen LogP contribution in [-0.4, -0.2) is 19.0 Å². The van der Waals surface area contributed by atoms with Crippen LogP contribution in [-0.2, 0) is 0 Å². The normalized spacial score (nSPS) is 10.4. The summed E-state index contributed by atoms with van der Waals surface area (Å²) in [5.41, 5.74) is 1.67. The maximum absolute atomic E-state index is 13.7. The minimum absolute atomic E-state index is 0.0304. The summed E-state index contributed by atoms with van der Waals surface area (Å²) in [6.45, 7) is 6.00. The van der Waals surface area contributed by atoms with Crippen LogP contribution in [0.4, 0.5) is 15.8 Å². The Morgan fingerprint density at radius 1 is 1.14 bits per heavy atom. The SMILES string of the molecule is CCN(CC)c1ccc(NC(=O)c2ccc(Cl)cc2F)cc1. The molecule has 0 unspecified atom stereocenters. The summed E-state index contributed by atoms with van der Waals surface area (Å²) < 4.78 is 13.7. The summed E-state index contributed by atoms with van der Waals surface area (Å²) >= 11 is 5.68. The van der Waals surface area contributed by atoms with Gasteiger partial charge in [-0.2, -0.15) is 0 Å². The number of carbonyl (C=O) groups excluding carboxylic acids is 1. The van der Waals surface area contributed by atoms with Crippen LogP contribution in [0.3, 0.4) is 0 Å². The topological polar surface area (TPSA) is 32.3 Å². The smallest absolute Gasteiger partial charge is 0.258 e. The van der Waals surface area contributed by atoms with E-state index >= 15 is 0 Å². The number of nitrogens with zero attached hydrogens (tertiary/aromatic N) is 1. The van der Waals surface area contributed by atoms with E-state index in [-0.39, 0.29) is 10.6 Å². The molecule has 2 aromatic carbocycles. The van der Waals surface area contributed by atoms with Crippen molar-refractivity contribution in [2.75, 3.05) is 23.3 Å². The van der Waals surface area contributed by atoms with Crippen LogP contribution >= 0.6 is 11.6 Å². The monoisotopic (exact) mass is 320 g/mol. The first kappa shape index (κ1) is 16.3. The standard InChI is InChI=1S/C17H18ClFN2O/c1-3-21(4-2)14-8-6-13(7-9-14)20-17(22)15-10-5-12(18)11-16(15)19/h5-11H,3-4H2,1-2H3,(H,20,22). The quantitative estimate of drug-likeness (QED) is 0.874. The highest BCUT2D eigenvalue weighted by Crippen LogP contribution is 2.20. The molecular weight excluding hydrogens is 303 g/mol. The molecule has 0 aliphatic carbocycles. The van der Waals surface area contributed by atoms with Crippen LogP contribution in [0.15, 0.2) is 42.5 Å². The van der Waals surface area contributed by atoms with Crippen molar-refractivity contribution in [1.82, 2.24) is 0 Å². The third kappa shape index (κ3) is 3.77. The van der Waals surface area contributed by atoms with Crippen molar-refractivity contribution < 1.29 is 9.18 Å². The molecule has 2 aromatic rings. The predicted octanol–water partition coefficient (Wildman–Crippen LogP) is 4.58. The van der Waals surface area contributed by atoms with E-state index in [0.717, 1.165) is 24.8 Å². The second kappa shape index (κ2) is 7.27. The van der Waals surface area contributed by atoms with Gasteiger partial charge in [-0.15, -0.1) is 0 Å². The number of benzene rings is 2. The molecule has 0 aromatic heterocycles. The maximum Gasteiger partial charge on any atom is 0.258 e. The van der Waals surface area contributed by atoms with E-state index in [9.17, 15) is 9.18 Å². The van der Waals surface area contributed by atoms with E-state index in [0.29, 0.717) is 5.69 Å². The number of amides is 1. The first-order valence-corrected chi connectivity index (χ1v) is 7.54. The highest BCUT2D eigenvalue weighted by Gasteiger charge is 2.12. The van der Waals surface area contributed by atoms with Crippen molar-refractivity contribution in [3.63, 3.8) is 0 Å². The summed E-state index contributed by atoms with van der Waals surface area (Å²) in [5.74, 6) is -1.13. The molecule has 0 aliphatic rings. The molecule has 0 spiro atoms. The Balaban J connectivity index is 2.12. The fourth-order valence-electron chi connectivity index (χ4n) is 2.22. The zero-order valence-electron chi connectivity index (χ0n) is 12.6. The number of rotatable bonds is 5. The number of anilines is 2. The van der Waals surface area contributed by atoms with Crippen LogP contribution < -0.4 is 10.2 Å². The zero-order chi connectivity index (χ0) is 16.1. The molecule has 2 rings (SSSR count).